The first-order valence-corrected chi connectivity index (χ1v) is 8.32. The maximum Gasteiger partial charge on any atom is 0.307 e. The molecule has 1 aliphatic heterocycles. The van der Waals surface area contributed by atoms with E-state index in [9.17, 15) is 9.59 Å². The van der Waals surface area contributed by atoms with Crippen LogP contribution < -0.4 is 10.1 Å². The Morgan fingerprint density at radius 3 is 2.80 bits per heavy atom. The smallest absolute Gasteiger partial charge is 0.307 e. The van der Waals surface area contributed by atoms with Crippen LogP contribution >= 0.6 is 11.6 Å². The van der Waals surface area contributed by atoms with Crippen LogP contribution in [0.25, 0.3) is 0 Å². The van der Waals surface area contributed by atoms with Crippen LogP contribution in [0.2, 0.25) is 5.02 Å². The van der Waals surface area contributed by atoms with Gasteiger partial charge in [0.1, 0.15) is 0 Å². The number of hydrogen-bond acceptors (Lipinski definition) is 5. The monoisotopic (exact) mass is 360 g/mol. The van der Waals surface area contributed by atoms with Gasteiger partial charge in [-0.25, -0.2) is 4.98 Å². The zero-order chi connectivity index (χ0) is 18.0. The van der Waals surface area contributed by atoms with Crippen LogP contribution in [0.4, 0.5) is 5.69 Å². The van der Waals surface area contributed by atoms with Gasteiger partial charge in [0.2, 0.25) is 11.5 Å². The summed E-state index contributed by atoms with van der Waals surface area (Å²) in [6.45, 7) is 3.82. The molecule has 1 unspecified atom stereocenters. The molecule has 7 heteroatoms. The van der Waals surface area contributed by atoms with E-state index in [0.29, 0.717) is 28.4 Å². The van der Waals surface area contributed by atoms with Crippen LogP contribution in [0.1, 0.15) is 31.4 Å². The van der Waals surface area contributed by atoms with Gasteiger partial charge in [-0.1, -0.05) is 18.5 Å². The molecule has 0 spiro atoms. The van der Waals surface area contributed by atoms with E-state index in [1.165, 1.54) is 0 Å². The van der Waals surface area contributed by atoms with E-state index in [1.54, 1.807) is 43.5 Å². The third-order valence-corrected chi connectivity index (χ3v) is 4.15. The van der Waals surface area contributed by atoms with Gasteiger partial charge in [0.05, 0.1) is 12.2 Å². The number of nitrogens with one attached hydrogen (secondary N) is 1. The van der Waals surface area contributed by atoms with Crippen molar-refractivity contribution in [3.05, 3.63) is 52.7 Å². The standard InChI is InChI=1S/C18H17ClN2O4/c1-3-15(22)25-18(12-6-5-9-20-16(12)24-4-2)13-10-11(19)7-8-14(13)21-17(18)23/h5-10H,3-4H2,1-2H3,(H,21,23). The summed E-state index contributed by atoms with van der Waals surface area (Å²) in [5.74, 6) is -0.772. The first kappa shape index (κ1) is 17.2. The quantitative estimate of drug-likeness (QED) is 0.828. The van der Waals surface area contributed by atoms with Gasteiger partial charge < -0.3 is 14.8 Å². The van der Waals surface area contributed by atoms with Gasteiger partial charge in [0.25, 0.3) is 5.91 Å². The third-order valence-electron chi connectivity index (χ3n) is 3.92. The first-order chi connectivity index (χ1) is 12.0. The molecule has 3 rings (SSSR count). The van der Waals surface area contributed by atoms with Crippen molar-refractivity contribution in [2.75, 3.05) is 11.9 Å². The fourth-order valence-corrected chi connectivity index (χ4v) is 3.00. The molecule has 0 saturated heterocycles. The molecule has 2 heterocycles. The Labute approximate surface area is 150 Å². The molecule has 0 saturated carbocycles. The van der Waals surface area contributed by atoms with Gasteiger partial charge in [0.15, 0.2) is 0 Å². The number of pyridine rings is 1. The number of esters is 1. The molecule has 0 radical (unpaired) electrons. The molecule has 25 heavy (non-hydrogen) atoms. The minimum atomic E-state index is -1.69. The SMILES string of the molecule is CCOc1ncccc1C1(OC(=O)CC)C(=O)Nc2ccc(Cl)cc21. The van der Waals surface area contributed by atoms with E-state index in [1.807, 2.05) is 6.92 Å². The van der Waals surface area contributed by atoms with Crippen molar-refractivity contribution >= 4 is 29.2 Å². The van der Waals surface area contributed by atoms with E-state index in [0.717, 1.165) is 0 Å². The minimum absolute atomic E-state index is 0.120. The summed E-state index contributed by atoms with van der Waals surface area (Å²) in [5.41, 5.74) is -0.339. The van der Waals surface area contributed by atoms with Gasteiger partial charge in [-0.3, -0.25) is 9.59 Å². The van der Waals surface area contributed by atoms with E-state index in [-0.39, 0.29) is 12.3 Å². The Morgan fingerprint density at radius 2 is 2.08 bits per heavy atom. The molecule has 130 valence electrons. The Morgan fingerprint density at radius 1 is 1.28 bits per heavy atom. The van der Waals surface area contributed by atoms with Gasteiger partial charge in [0, 0.05) is 28.9 Å². The summed E-state index contributed by atoms with van der Waals surface area (Å²) in [6.07, 6.45) is 1.67. The number of amides is 1. The summed E-state index contributed by atoms with van der Waals surface area (Å²) in [4.78, 5) is 29.3. The molecule has 0 bridgehead atoms. The van der Waals surface area contributed by atoms with Gasteiger partial charge in [-0.05, 0) is 37.3 Å². The number of ether oxygens (including phenoxy) is 2. The van der Waals surface area contributed by atoms with Crippen LogP contribution in [0.3, 0.4) is 0 Å². The average Bonchev–Trinajstić information content (AvgIpc) is 2.88. The highest BCUT2D eigenvalue weighted by Crippen LogP contribution is 2.47. The van der Waals surface area contributed by atoms with E-state index >= 15 is 0 Å². The van der Waals surface area contributed by atoms with E-state index < -0.39 is 17.5 Å². The Bertz CT molecular complexity index is 840. The molecule has 6 nitrogen and oxygen atoms in total. The fourth-order valence-electron chi connectivity index (χ4n) is 2.83. The molecule has 0 fully saturated rings. The summed E-state index contributed by atoms with van der Waals surface area (Å²) >= 11 is 6.13. The summed E-state index contributed by atoms with van der Waals surface area (Å²) in [5, 5.41) is 3.18. The van der Waals surface area contributed by atoms with E-state index in [2.05, 4.69) is 10.3 Å². The first-order valence-electron chi connectivity index (χ1n) is 7.94. The summed E-state index contributed by atoms with van der Waals surface area (Å²) in [7, 11) is 0. The predicted molar refractivity (Wildman–Crippen MR) is 92.7 cm³/mol. The van der Waals surface area contributed by atoms with Crippen molar-refractivity contribution in [1.29, 1.82) is 0 Å². The number of benzene rings is 1. The molecular weight excluding hydrogens is 344 g/mol. The molecule has 1 aliphatic rings. The lowest BCUT2D eigenvalue weighted by molar-refractivity contribution is -0.162. The zero-order valence-electron chi connectivity index (χ0n) is 13.8. The maximum absolute atomic E-state index is 13.0. The number of carbonyl (C=O) groups is 2. The highest BCUT2D eigenvalue weighted by atomic mass is 35.5. The zero-order valence-corrected chi connectivity index (χ0v) is 14.6. The normalized spacial score (nSPS) is 18.4. The minimum Gasteiger partial charge on any atom is -0.478 e. The summed E-state index contributed by atoms with van der Waals surface area (Å²) < 4.78 is 11.3. The van der Waals surface area contributed by atoms with Gasteiger partial charge in [-0.2, -0.15) is 0 Å². The van der Waals surface area contributed by atoms with Crippen LogP contribution in [0, 0.1) is 0 Å². The maximum atomic E-state index is 13.0. The van der Waals surface area contributed by atoms with Crippen LogP contribution in [0.5, 0.6) is 5.88 Å². The highest BCUT2D eigenvalue weighted by Gasteiger charge is 2.54. The lowest BCUT2D eigenvalue weighted by Gasteiger charge is -2.29. The Balaban J connectivity index is 2.29. The predicted octanol–water partition coefficient (Wildman–Crippen LogP) is 3.28. The van der Waals surface area contributed by atoms with Crippen molar-refractivity contribution in [1.82, 2.24) is 4.98 Å². The molecule has 2 aromatic rings. The van der Waals surface area contributed by atoms with Crippen molar-refractivity contribution in [3.8, 4) is 5.88 Å². The van der Waals surface area contributed by atoms with E-state index in [4.69, 9.17) is 21.1 Å². The molecule has 0 aliphatic carbocycles. The third kappa shape index (κ3) is 2.82. The number of nitrogens with zero attached hydrogens (tertiary/aromatic N) is 1. The van der Waals surface area contributed by atoms with Crippen molar-refractivity contribution < 1.29 is 19.1 Å². The number of hydrogen-bond donors (Lipinski definition) is 1. The number of fused-ring (bicyclic) bond motifs is 1. The fraction of sp³-hybridized carbons (Fsp3) is 0.278. The second-order valence-electron chi connectivity index (χ2n) is 5.44. The highest BCUT2D eigenvalue weighted by molar-refractivity contribution is 6.31. The lowest BCUT2D eigenvalue weighted by Crippen LogP contribution is -2.41. The lowest BCUT2D eigenvalue weighted by atomic mass is 9.87. The number of rotatable bonds is 5. The average molecular weight is 361 g/mol. The van der Waals surface area contributed by atoms with Crippen LogP contribution in [-0.4, -0.2) is 23.5 Å². The molecular formula is C18H17ClN2O4. The Kier molecular flexibility index (Phi) is 4.63. The molecule has 1 aromatic heterocycles. The van der Waals surface area contributed by atoms with Crippen molar-refractivity contribution in [3.63, 3.8) is 0 Å². The number of carbonyl (C=O) groups excluding carboxylic acids is 2. The van der Waals surface area contributed by atoms with Crippen molar-refractivity contribution in [2.45, 2.75) is 25.9 Å². The second kappa shape index (κ2) is 6.72. The number of anilines is 1. The van der Waals surface area contributed by atoms with Crippen LogP contribution in [0.15, 0.2) is 36.5 Å². The molecule has 1 aromatic carbocycles. The number of halogens is 1. The molecule has 1 amide bonds. The molecule has 1 N–H and O–H groups in total. The van der Waals surface area contributed by atoms with Crippen molar-refractivity contribution in [2.24, 2.45) is 0 Å². The van der Waals surface area contributed by atoms with Gasteiger partial charge in [-0.15, -0.1) is 0 Å². The Hall–Kier alpha value is -2.60. The molecule has 1 atom stereocenters. The second-order valence-corrected chi connectivity index (χ2v) is 5.88. The van der Waals surface area contributed by atoms with Gasteiger partial charge >= 0.3 is 5.97 Å². The largest absolute Gasteiger partial charge is 0.478 e. The summed E-state index contributed by atoms with van der Waals surface area (Å²) in [6, 6.07) is 8.27. The topological polar surface area (TPSA) is 77.5 Å². The van der Waals surface area contributed by atoms with Crippen LogP contribution in [-0.2, 0) is 19.9 Å². The number of aromatic nitrogens is 1.